The molecule has 1 atom stereocenters. The molecule has 5 rings (SSSR count). The first-order valence-electron chi connectivity index (χ1n) is 13.9. The van der Waals surface area contributed by atoms with Crippen LogP contribution in [0.25, 0.3) is 11.1 Å². The molecule has 1 aliphatic heterocycles. The monoisotopic (exact) mass is 560 g/mol. The number of nitrogens with zero attached hydrogens (tertiary/aromatic N) is 2. The average Bonchev–Trinajstić information content (AvgIpc) is 3.47. The minimum Gasteiger partial charge on any atom is -0.478 e. The number of furan rings is 1. The highest BCUT2D eigenvalue weighted by molar-refractivity contribution is 5.88. The quantitative estimate of drug-likeness (QED) is 0.370. The lowest BCUT2D eigenvalue weighted by Crippen LogP contribution is -2.52. The Morgan fingerprint density at radius 3 is 2.27 bits per heavy atom. The summed E-state index contributed by atoms with van der Waals surface area (Å²) in [4.78, 5) is 41.4. The van der Waals surface area contributed by atoms with Crippen molar-refractivity contribution in [2.45, 2.75) is 64.6 Å². The lowest BCUT2D eigenvalue weighted by atomic mass is 9.98. The summed E-state index contributed by atoms with van der Waals surface area (Å²) >= 11 is 0. The maximum Gasteiger partial charge on any atom is 0.410 e. The van der Waals surface area contributed by atoms with Gasteiger partial charge in [-0.05, 0) is 68.9 Å². The number of carbonyl (C=O) groups excluding carboxylic acids is 2. The van der Waals surface area contributed by atoms with Gasteiger partial charge in [-0.2, -0.15) is 0 Å². The van der Waals surface area contributed by atoms with Crippen LogP contribution in [0, 0.1) is 6.92 Å². The molecule has 1 fully saturated rings. The second-order valence-corrected chi connectivity index (χ2v) is 11.6. The summed E-state index contributed by atoms with van der Waals surface area (Å²) in [5.41, 5.74) is 3.88. The van der Waals surface area contributed by atoms with Crippen LogP contribution in [0.3, 0.4) is 0 Å². The number of carbonyl (C=O) groups is 3. The molecular weight excluding hydrogens is 524 g/mol. The SMILES string of the molecule is Cc1oc(CN(C(=O)OCC2c3ccccc3-c3ccccc32)[C@@H]2CCCN(C(=O)OC(C)(C)C)C2)cc1C(=O)O. The number of carboxylic acids is 1. The molecule has 0 saturated carbocycles. The maximum absolute atomic E-state index is 13.8. The van der Waals surface area contributed by atoms with Crippen molar-refractivity contribution in [3.05, 3.63) is 82.8 Å². The van der Waals surface area contributed by atoms with E-state index in [0.29, 0.717) is 25.1 Å². The molecule has 0 radical (unpaired) electrons. The second-order valence-electron chi connectivity index (χ2n) is 11.6. The summed E-state index contributed by atoms with van der Waals surface area (Å²) in [7, 11) is 0. The number of fused-ring (bicyclic) bond motifs is 3. The zero-order valence-corrected chi connectivity index (χ0v) is 23.9. The molecule has 2 aliphatic rings. The fraction of sp³-hybridized carbons (Fsp3) is 0.406. The fourth-order valence-corrected chi connectivity index (χ4v) is 5.72. The Balaban J connectivity index is 1.38. The van der Waals surface area contributed by atoms with Crippen LogP contribution in [0.4, 0.5) is 9.59 Å². The molecule has 9 nitrogen and oxygen atoms in total. The number of aromatic carboxylic acids is 1. The minimum absolute atomic E-state index is 0.0115. The third-order valence-electron chi connectivity index (χ3n) is 7.58. The molecular formula is C32H36N2O7. The summed E-state index contributed by atoms with van der Waals surface area (Å²) in [6, 6.07) is 17.3. The first-order chi connectivity index (χ1) is 19.5. The van der Waals surface area contributed by atoms with Gasteiger partial charge in [-0.15, -0.1) is 0 Å². The number of likely N-dealkylation sites (tertiary alicyclic amines) is 1. The molecule has 41 heavy (non-hydrogen) atoms. The molecule has 0 bridgehead atoms. The lowest BCUT2D eigenvalue weighted by Gasteiger charge is -2.39. The number of amides is 2. The number of carboxylic acid groups (broad SMARTS) is 1. The predicted molar refractivity (Wildman–Crippen MR) is 152 cm³/mol. The summed E-state index contributed by atoms with van der Waals surface area (Å²) < 4.78 is 17.3. The zero-order valence-electron chi connectivity index (χ0n) is 23.9. The zero-order chi connectivity index (χ0) is 29.3. The Morgan fingerprint density at radius 2 is 1.68 bits per heavy atom. The van der Waals surface area contributed by atoms with Crippen molar-refractivity contribution in [2.75, 3.05) is 19.7 Å². The standard InChI is InChI=1S/C32H36N2O7/c1-20-27(29(35)36)16-22(40-20)18-34(21-10-9-15-33(17-21)30(37)41-32(2,3)4)31(38)39-19-28-25-13-7-5-11-23(25)24-12-6-8-14-26(24)28/h5-8,11-14,16,21,28H,9-10,15,17-19H2,1-4H3,(H,35,36)/t21-/m1/s1. The Bertz CT molecular complexity index is 1410. The van der Waals surface area contributed by atoms with E-state index in [0.717, 1.165) is 22.3 Å². The maximum atomic E-state index is 13.8. The topological polar surface area (TPSA) is 110 Å². The van der Waals surface area contributed by atoms with Crippen LogP contribution in [0.2, 0.25) is 0 Å². The molecule has 2 amide bonds. The Morgan fingerprint density at radius 1 is 1.05 bits per heavy atom. The van der Waals surface area contributed by atoms with Crippen LogP contribution in [-0.2, 0) is 16.0 Å². The number of benzene rings is 2. The smallest absolute Gasteiger partial charge is 0.410 e. The second kappa shape index (κ2) is 11.3. The van der Waals surface area contributed by atoms with E-state index in [4.69, 9.17) is 13.9 Å². The molecule has 3 aromatic rings. The van der Waals surface area contributed by atoms with E-state index in [-0.39, 0.29) is 43.0 Å². The van der Waals surface area contributed by atoms with Gasteiger partial charge in [0.25, 0.3) is 0 Å². The Hall–Kier alpha value is -4.27. The van der Waals surface area contributed by atoms with Gasteiger partial charge in [-0.3, -0.25) is 4.90 Å². The highest BCUT2D eigenvalue weighted by atomic mass is 16.6. The first-order valence-corrected chi connectivity index (χ1v) is 13.9. The summed E-state index contributed by atoms with van der Waals surface area (Å²) in [5, 5.41) is 9.50. The minimum atomic E-state index is -1.10. The number of hydrogen-bond acceptors (Lipinski definition) is 6. The molecule has 2 heterocycles. The van der Waals surface area contributed by atoms with E-state index in [1.807, 2.05) is 45.0 Å². The number of piperidine rings is 1. The summed E-state index contributed by atoms with van der Waals surface area (Å²) in [6.45, 7) is 7.96. The van der Waals surface area contributed by atoms with Crippen LogP contribution >= 0.6 is 0 Å². The van der Waals surface area contributed by atoms with Crippen LogP contribution < -0.4 is 0 Å². The normalized spacial score (nSPS) is 16.6. The first kappa shape index (κ1) is 28.3. The Labute approximate surface area is 239 Å². The van der Waals surface area contributed by atoms with Crippen molar-refractivity contribution in [3.8, 4) is 11.1 Å². The highest BCUT2D eigenvalue weighted by Gasteiger charge is 2.36. The van der Waals surface area contributed by atoms with Crippen molar-refractivity contribution in [3.63, 3.8) is 0 Å². The fourth-order valence-electron chi connectivity index (χ4n) is 5.72. The van der Waals surface area contributed by atoms with E-state index in [1.54, 1.807) is 16.7 Å². The van der Waals surface area contributed by atoms with Gasteiger partial charge in [-0.1, -0.05) is 48.5 Å². The van der Waals surface area contributed by atoms with Gasteiger partial charge in [0.15, 0.2) is 0 Å². The number of rotatable bonds is 6. The van der Waals surface area contributed by atoms with Gasteiger partial charge < -0.3 is 23.9 Å². The van der Waals surface area contributed by atoms with Gasteiger partial charge in [0.1, 0.15) is 29.3 Å². The molecule has 216 valence electrons. The van der Waals surface area contributed by atoms with Crippen molar-refractivity contribution >= 4 is 18.2 Å². The molecule has 1 aliphatic carbocycles. The van der Waals surface area contributed by atoms with Crippen LogP contribution in [-0.4, -0.2) is 64.4 Å². The molecule has 0 spiro atoms. The van der Waals surface area contributed by atoms with E-state index in [9.17, 15) is 19.5 Å². The molecule has 1 aromatic heterocycles. The Kier molecular flexibility index (Phi) is 7.80. The lowest BCUT2D eigenvalue weighted by molar-refractivity contribution is 0.00735. The summed E-state index contributed by atoms with van der Waals surface area (Å²) in [6.07, 6.45) is 0.342. The van der Waals surface area contributed by atoms with Crippen molar-refractivity contribution < 1.29 is 33.4 Å². The van der Waals surface area contributed by atoms with Crippen molar-refractivity contribution in [1.82, 2.24) is 9.80 Å². The van der Waals surface area contributed by atoms with E-state index < -0.39 is 23.8 Å². The van der Waals surface area contributed by atoms with Gasteiger partial charge in [0, 0.05) is 19.0 Å². The molecule has 2 aromatic carbocycles. The predicted octanol–water partition coefficient (Wildman–Crippen LogP) is 6.44. The van der Waals surface area contributed by atoms with Gasteiger partial charge >= 0.3 is 18.2 Å². The largest absolute Gasteiger partial charge is 0.478 e. The summed E-state index contributed by atoms with van der Waals surface area (Å²) in [5.74, 6) is -0.608. The third kappa shape index (κ3) is 6.09. The average molecular weight is 561 g/mol. The number of aryl methyl sites for hydroxylation is 1. The van der Waals surface area contributed by atoms with E-state index >= 15 is 0 Å². The van der Waals surface area contributed by atoms with E-state index in [1.165, 1.54) is 6.07 Å². The molecule has 9 heteroatoms. The van der Waals surface area contributed by atoms with Crippen LogP contribution in [0.15, 0.2) is 59.0 Å². The van der Waals surface area contributed by atoms with Crippen molar-refractivity contribution in [2.24, 2.45) is 0 Å². The molecule has 0 unspecified atom stereocenters. The van der Waals surface area contributed by atoms with Gasteiger partial charge in [0.2, 0.25) is 0 Å². The van der Waals surface area contributed by atoms with Gasteiger partial charge in [-0.25, -0.2) is 14.4 Å². The molecule has 1 saturated heterocycles. The van der Waals surface area contributed by atoms with Crippen molar-refractivity contribution in [1.29, 1.82) is 0 Å². The van der Waals surface area contributed by atoms with E-state index in [2.05, 4.69) is 24.3 Å². The number of ether oxygens (including phenoxy) is 2. The molecule has 1 N–H and O–H groups in total. The number of hydrogen-bond donors (Lipinski definition) is 1. The van der Waals surface area contributed by atoms with Crippen LogP contribution in [0.5, 0.6) is 0 Å². The third-order valence-corrected chi connectivity index (χ3v) is 7.58. The highest BCUT2D eigenvalue weighted by Crippen LogP contribution is 2.44. The van der Waals surface area contributed by atoms with Crippen LogP contribution in [0.1, 0.15) is 72.5 Å². The van der Waals surface area contributed by atoms with Gasteiger partial charge in [0.05, 0.1) is 12.6 Å².